The van der Waals surface area contributed by atoms with Gasteiger partial charge >= 0.3 is 0 Å². The monoisotopic (exact) mass is 532 g/mol. The van der Waals surface area contributed by atoms with Gasteiger partial charge in [0.05, 0.1) is 4.90 Å². The Labute approximate surface area is 188 Å². The second-order valence-electron chi connectivity index (χ2n) is 6.02. The third kappa shape index (κ3) is 5.95. The van der Waals surface area contributed by atoms with Crippen LogP contribution in [0, 0.1) is 11.6 Å². The Hall–Kier alpha value is -2.64. The molecule has 31 heavy (non-hydrogen) atoms. The first-order valence-electron chi connectivity index (χ1n) is 8.70. The van der Waals surface area contributed by atoms with Gasteiger partial charge in [0.25, 0.3) is 15.9 Å². The standard InChI is InChI=1S/C18H15BrF2N4O4S2/c1-2-16-23-24-18(30-16)25-31(27,28)12-5-3-11(4-6-12)22-15(26)9-29-17-13(20)7-10(19)8-14(17)21/h3-8H,2,9H2,1H3,(H,22,26)(H,24,25). The quantitative estimate of drug-likeness (QED) is 0.454. The van der Waals surface area contributed by atoms with Gasteiger partial charge < -0.3 is 10.1 Å². The van der Waals surface area contributed by atoms with Gasteiger partial charge in [-0.3, -0.25) is 9.52 Å². The lowest BCUT2D eigenvalue weighted by molar-refractivity contribution is -0.118. The van der Waals surface area contributed by atoms with Crippen LogP contribution in [0.3, 0.4) is 0 Å². The van der Waals surface area contributed by atoms with E-state index in [0.717, 1.165) is 23.5 Å². The summed E-state index contributed by atoms with van der Waals surface area (Å²) in [6.07, 6.45) is 0.638. The number of carbonyl (C=O) groups is 1. The number of halogens is 3. The average Bonchev–Trinajstić information content (AvgIpc) is 3.14. The van der Waals surface area contributed by atoms with Crippen LogP contribution in [0.1, 0.15) is 11.9 Å². The van der Waals surface area contributed by atoms with Crippen molar-refractivity contribution >= 4 is 54.0 Å². The molecule has 1 heterocycles. The molecule has 0 radical (unpaired) electrons. The van der Waals surface area contributed by atoms with Crippen molar-refractivity contribution in [2.45, 2.75) is 18.2 Å². The van der Waals surface area contributed by atoms with Gasteiger partial charge in [-0.05, 0) is 42.8 Å². The van der Waals surface area contributed by atoms with Crippen molar-refractivity contribution in [3.63, 3.8) is 0 Å². The number of anilines is 2. The number of benzene rings is 2. The van der Waals surface area contributed by atoms with E-state index in [1.807, 2.05) is 6.92 Å². The summed E-state index contributed by atoms with van der Waals surface area (Å²) in [6.45, 7) is 1.23. The topological polar surface area (TPSA) is 110 Å². The molecule has 8 nitrogen and oxygen atoms in total. The number of nitrogens with one attached hydrogen (secondary N) is 2. The molecule has 2 aromatic carbocycles. The van der Waals surface area contributed by atoms with E-state index >= 15 is 0 Å². The molecule has 0 aliphatic carbocycles. The maximum atomic E-state index is 13.7. The van der Waals surface area contributed by atoms with E-state index in [9.17, 15) is 22.0 Å². The van der Waals surface area contributed by atoms with Gasteiger partial charge in [0.15, 0.2) is 24.0 Å². The first-order chi connectivity index (χ1) is 14.7. The Morgan fingerprint density at radius 3 is 2.39 bits per heavy atom. The number of amides is 1. The van der Waals surface area contributed by atoms with Gasteiger partial charge in [-0.25, -0.2) is 17.2 Å². The number of hydrogen-bond donors (Lipinski definition) is 2. The average molecular weight is 533 g/mol. The van der Waals surface area contributed by atoms with Crippen molar-refractivity contribution in [3.8, 4) is 5.75 Å². The second-order valence-corrected chi connectivity index (χ2v) is 9.68. The van der Waals surface area contributed by atoms with Crippen LogP contribution in [0.25, 0.3) is 0 Å². The van der Waals surface area contributed by atoms with E-state index in [4.69, 9.17) is 4.74 Å². The summed E-state index contributed by atoms with van der Waals surface area (Å²) in [5, 5.41) is 10.9. The predicted octanol–water partition coefficient (Wildman–Crippen LogP) is 3.96. The third-order valence-electron chi connectivity index (χ3n) is 3.75. The molecule has 0 spiro atoms. The highest BCUT2D eigenvalue weighted by atomic mass is 79.9. The molecule has 0 saturated heterocycles. The second kappa shape index (κ2) is 9.66. The van der Waals surface area contributed by atoms with Crippen LogP contribution in [0.15, 0.2) is 45.8 Å². The largest absolute Gasteiger partial charge is 0.478 e. The van der Waals surface area contributed by atoms with Gasteiger partial charge in [0.2, 0.25) is 5.13 Å². The van der Waals surface area contributed by atoms with Crippen LogP contribution in [0.2, 0.25) is 0 Å². The number of ether oxygens (including phenoxy) is 1. The zero-order valence-corrected chi connectivity index (χ0v) is 19.1. The maximum absolute atomic E-state index is 13.7. The smallest absolute Gasteiger partial charge is 0.263 e. The van der Waals surface area contributed by atoms with Crippen molar-refractivity contribution in [2.75, 3.05) is 16.6 Å². The zero-order chi connectivity index (χ0) is 22.6. The number of aryl methyl sites for hydroxylation is 1. The van der Waals surface area contributed by atoms with Crippen LogP contribution in [0.4, 0.5) is 19.6 Å². The maximum Gasteiger partial charge on any atom is 0.263 e. The fourth-order valence-corrected chi connectivity index (χ4v) is 4.64. The van der Waals surface area contributed by atoms with E-state index in [-0.39, 0.29) is 20.2 Å². The lowest BCUT2D eigenvalue weighted by Gasteiger charge is -2.10. The molecule has 0 bridgehead atoms. The van der Waals surface area contributed by atoms with Crippen LogP contribution in [-0.4, -0.2) is 31.1 Å². The SMILES string of the molecule is CCc1nnc(NS(=O)(=O)c2ccc(NC(=O)COc3c(F)cc(Br)cc3F)cc2)s1. The van der Waals surface area contributed by atoms with Crippen LogP contribution in [0.5, 0.6) is 5.75 Å². The summed E-state index contributed by atoms with van der Waals surface area (Å²) in [4.78, 5) is 11.9. The Morgan fingerprint density at radius 1 is 1.16 bits per heavy atom. The number of hydrogen-bond acceptors (Lipinski definition) is 7. The fourth-order valence-electron chi connectivity index (χ4n) is 2.33. The molecule has 0 fully saturated rings. The Balaban J connectivity index is 1.60. The van der Waals surface area contributed by atoms with Crippen molar-refractivity contribution in [3.05, 3.63) is 57.5 Å². The molecule has 2 N–H and O–H groups in total. The van der Waals surface area contributed by atoms with Gasteiger partial charge in [0, 0.05) is 10.2 Å². The normalized spacial score (nSPS) is 11.2. The van der Waals surface area contributed by atoms with E-state index in [1.165, 1.54) is 24.3 Å². The van der Waals surface area contributed by atoms with Crippen LogP contribution in [-0.2, 0) is 21.2 Å². The van der Waals surface area contributed by atoms with E-state index in [2.05, 4.69) is 36.2 Å². The molecule has 0 atom stereocenters. The molecular formula is C18H15BrF2N4O4S2. The summed E-state index contributed by atoms with van der Waals surface area (Å²) in [5.74, 6) is -3.27. The minimum absolute atomic E-state index is 0.0472. The van der Waals surface area contributed by atoms with E-state index in [0.29, 0.717) is 11.4 Å². The molecule has 164 valence electrons. The number of nitrogens with zero attached hydrogens (tertiary/aromatic N) is 2. The molecular weight excluding hydrogens is 518 g/mol. The predicted molar refractivity (Wildman–Crippen MR) is 115 cm³/mol. The van der Waals surface area contributed by atoms with Crippen molar-refractivity contribution in [1.82, 2.24) is 10.2 Å². The lowest BCUT2D eigenvalue weighted by Crippen LogP contribution is -2.21. The lowest BCUT2D eigenvalue weighted by atomic mass is 10.3. The zero-order valence-electron chi connectivity index (χ0n) is 15.9. The first kappa shape index (κ1) is 23.0. The first-order valence-corrected chi connectivity index (χ1v) is 11.8. The summed E-state index contributed by atoms with van der Waals surface area (Å²) in [7, 11) is -3.88. The molecule has 0 aliphatic heterocycles. The van der Waals surface area contributed by atoms with E-state index < -0.39 is 39.9 Å². The molecule has 13 heteroatoms. The highest BCUT2D eigenvalue weighted by Gasteiger charge is 2.17. The number of carbonyl (C=O) groups excluding carboxylic acids is 1. The summed E-state index contributed by atoms with van der Waals surface area (Å²) in [6, 6.07) is 7.32. The van der Waals surface area contributed by atoms with Gasteiger partial charge in [0.1, 0.15) is 5.01 Å². The number of sulfonamides is 1. The summed E-state index contributed by atoms with van der Waals surface area (Å²) < 4.78 is 59.7. The highest BCUT2D eigenvalue weighted by molar-refractivity contribution is 9.10. The minimum atomic E-state index is -3.88. The van der Waals surface area contributed by atoms with Crippen molar-refractivity contribution in [1.29, 1.82) is 0 Å². The molecule has 1 aromatic heterocycles. The molecule has 0 aliphatic rings. The number of aromatic nitrogens is 2. The van der Waals surface area contributed by atoms with Gasteiger partial charge in [-0.15, -0.1) is 10.2 Å². The van der Waals surface area contributed by atoms with Crippen molar-refractivity contribution < 1.29 is 26.7 Å². The third-order valence-corrected chi connectivity index (χ3v) is 6.67. The fraction of sp³-hybridized carbons (Fsp3) is 0.167. The minimum Gasteiger partial charge on any atom is -0.478 e. The Bertz CT molecular complexity index is 1180. The van der Waals surface area contributed by atoms with Crippen LogP contribution >= 0.6 is 27.3 Å². The van der Waals surface area contributed by atoms with Crippen molar-refractivity contribution in [2.24, 2.45) is 0 Å². The Kier molecular flexibility index (Phi) is 7.18. The molecule has 3 rings (SSSR count). The summed E-state index contributed by atoms with van der Waals surface area (Å²) in [5.41, 5.74) is 0.272. The molecule has 1 amide bonds. The number of rotatable bonds is 8. The van der Waals surface area contributed by atoms with E-state index in [1.54, 1.807) is 0 Å². The Morgan fingerprint density at radius 2 is 1.81 bits per heavy atom. The summed E-state index contributed by atoms with van der Waals surface area (Å²) >= 11 is 4.08. The van der Waals surface area contributed by atoms with Gasteiger partial charge in [-0.1, -0.05) is 34.2 Å². The molecule has 3 aromatic rings. The van der Waals surface area contributed by atoms with Gasteiger partial charge in [-0.2, -0.15) is 0 Å². The molecule has 0 unspecified atom stereocenters. The highest BCUT2D eigenvalue weighted by Crippen LogP contribution is 2.26. The van der Waals surface area contributed by atoms with Crippen LogP contribution < -0.4 is 14.8 Å². The molecule has 0 saturated carbocycles.